The molecule has 0 aromatic heterocycles. The summed E-state index contributed by atoms with van der Waals surface area (Å²) in [5.41, 5.74) is 2.93. The first-order chi connectivity index (χ1) is 8.78. The molecule has 0 fully saturated rings. The van der Waals surface area contributed by atoms with Gasteiger partial charge in [0.15, 0.2) is 0 Å². The van der Waals surface area contributed by atoms with E-state index < -0.39 is 0 Å². The molecule has 0 aliphatic rings. The van der Waals surface area contributed by atoms with Gasteiger partial charge in [-0.15, -0.1) is 0 Å². The molecule has 0 saturated heterocycles. The van der Waals surface area contributed by atoms with E-state index in [1.165, 1.54) is 11.3 Å². The summed E-state index contributed by atoms with van der Waals surface area (Å²) in [5, 5.41) is 0. The van der Waals surface area contributed by atoms with Gasteiger partial charge in [-0.3, -0.25) is 4.90 Å². The summed E-state index contributed by atoms with van der Waals surface area (Å²) < 4.78 is 0. The number of hydrogen-bond acceptors (Lipinski definition) is 2. The van der Waals surface area contributed by atoms with Crippen molar-refractivity contribution in [2.24, 2.45) is 5.41 Å². The fourth-order valence-electron chi connectivity index (χ4n) is 2.10. The van der Waals surface area contributed by atoms with Crippen molar-refractivity contribution in [2.75, 3.05) is 32.2 Å². The van der Waals surface area contributed by atoms with E-state index in [2.05, 4.69) is 75.9 Å². The highest BCUT2D eigenvalue weighted by Gasteiger charge is 2.14. The molecule has 0 heterocycles. The molecule has 0 atom stereocenters. The third-order valence-corrected chi connectivity index (χ3v) is 2.67. The Bertz CT molecular complexity index is 335. The molecule has 0 N–H and O–H groups in total. The number of nitrogens with zero attached hydrogens (tertiary/aromatic N) is 2. The summed E-state index contributed by atoms with van der Waals surface area (Å²) in [6.07, 6.45) is 0. The minimum Gasteiger partial charge on any atom is -0.362 e. The van der Waals surface area contributed by atoms with Crippen LogP contribution < -0.4 is 4.90 Å². The molecule has 110 valence electrons. The van der Waals surface area contributed by atoms with E-state index in [-0.39, 0.29) is 0 Å². The van der Waals surface area contributed by atoms with Crippen molar-refractivity contribution in [2.45, 2.75) is 41.5 Å². The van der Waals surface area contributed by atoms with E-state index in [4.69, 9.17) is 0 Å². The molecule has 0 aliphatic heterocycles. The summed E-state index contributed by atoms with van der Waals surface area (Å²) in [6, 6.07) is 8.69. The summed E-state index contributed by atoms with van der Waals surface area (Å²) in [7, 11) is 4.32. The smallest absolute Gasteiger partial charge is 0.0701 e. The van der Waals surface area contributed by atoms with Crippen LogP contribution in [0, 0.1) is 12.3 Å². The molecule has 1 aromatic rings. The highest BCUT2D eigenvalue weighted by Crippen LogP contribution is 2.17. The quantitative estimate of drug-likeness (QED) is 0.744. The van der Waals surface area contributed by atoms with Gasteiger partial charge in [0.05, 0.1) is 6.67 Å². The van der Waals surface area contributed by atoms with Gasteiger partial charge in [0.25, 0.3) is 0 Å². The van der Waals surface area contributed by atoms with E-state index >= 15 is 0 Å². The van der Waals surface area contributed by atoms with Crippen molar-refractivity contribution in [3.8, 4) is 0 Å². The molecule has 0 spiro atoms. The Morgan fingerprint density at radius 3 is 1.84 bits per heavy atom. The molecular weight excluding hydrogens is 232 g/mol. The van der Waals surface area contributed by atoms with Gasteiger partial charge in [0.2, 0.25) is 0 Å². The Labute approximate surface area is 120 Å². The summed E-state index contributed by atoms with van der Waals surface area (Å²) in [5.74, 6) is 0. The fraction of sp³-hybridized carbons (Fsp3) is 0.647. The molecular formula is C17H32N2. The van der Waals surface area contributed by atoms with Gasteiger partial charge in [0.1, 0.15) is 0 Å². The van der Waals surface area contributed by atoms with Gasteiger partial charge in [-0.2, -0.15) is 0 Å². The van der Waals surface area contributed by atoms with E-state index in [9.17, 15) is 0 Å². The predicted molar refractivity (Wildman–Crippen MR) is 87.9 cm³/mol. The van der Waals surface area contributed by atoms with Crippen molar-refractivity contribution in [1.29, 1.82) is 0 Å². The number of benzene rings is 1. The maximum Gasteiger partial charge on any atom is 0.0701 e. The Morgan fingerprint density at radius 1 is 0.947 bits per heavy atom. The normalized spacial score (nSPS) is 11.0. The molecule has 0 saturated carbocycles. The van der Waals surface area contributed by atoms with Crippen LogP contribution in [0.15, 0.2) is 24.3 Å². The lowest BCUT2D eigenvalue weighted by molar-refractivity contribution is 0.229. The maximum absolute atomic E-state index is 2.36. The summed E-state index contributed by atoms with van der Waals surface area (Å²) in [6.45, 7) is 15.0. The van der Waals surface area contributed by atoms with Gasteiger partial charge < -0.3 is 4.90 Å². The fourth-order valence-corrected chi connectivity index (χ4v) is 2.10. The van der Waals surface area contributed by atoms with Crippen LogP contribution in [0.25, 0.3) is 0 Å². The van der Waals surface area contributed by atoms with Gasteiger partial charge in [-0.05, 0) is 31.5 Å². The average molecular weight is 264 g/mol. The van der Waals surface area contributed by atoms with Crippen molar-refractivity contribution < 1.29 is 0 Å². The van der Waals surface area contributed by atoms with Crippen molar-refractivity contribution in [3.05, 3.63) is 29.8 Å². The van der Waals surface area contributed by atoms with Crippen LogP contribution in [0.1, 0.15) is 40.2 Å². The molecule has 1 aromatic carbocycles. The lowest BCUT2D eigenvalue weighted by Crippen LogP contribution is -2.37. The van der Waals surface area contributed by atoms with Crippen LogP contribution in [-0.2, 0) is 0 Å². The average Bonchev–Trinajstić information content (AvgIpc) is 2.29. The second kappa shape index (κ2) is 8.21. The standard InChI is InChI=1S/C15H26N2.C2H6/c1-13-7-9-14(10-8-13)17(6)12-16(5)11-15(2,3)4;1-2/h7-10H,11-12H2,1-6H3;1-2H3. The monoisotopic (exact) mass is 264 g/mol. The Balaban J connectivity index is 0.00000154. The zero-order valence-electron chi connectivity index (χ0n) is 14.1. The number of rotatable bonds is 4. The Morgan fingerprint density at radius 2 is 1.42 bits per heavy atom. The second-order valence-electron chi connectivity index (χ2n) is 6.25. The zero-order chi connectivity index (χ0) is 15.1. The van der Waals surface area contributed by atoms with Crippen molar-refractivity contribution >= 4 is 5.69 Å². The molecule has 0 unspecified atom stereocenters. The van der Waals surface area contributed by atoms with Gasteiger partial charge >= 0.3 is 0 Å². The first-order valence-electron chi connectivity index (χ1n) is 7.24. The number of anilines is 1. The maximum atomic E-state index is 2.36. The largest absolute Gasteiger partial charge is 0.362 e. The van der Waals surface area contributed by atoms with Crippen LogP contribution in [-0.4, -0.2) is 32.2 Å². The minimum atomic E-state index is 0.350. The molecule has 1 rings (SSSR count). The molecule has 2 nitrogen and oxygen atoms in total. The van der Waals surface area contributed by atoms with Crippen LogP contribution in [0.4, 0.5) is 5.69 Å². The highest BCUT2D eigenvalue weighted by atomic mass is 15.3. The number of hydrogen-bond donors (Lipinski definition) is 0. The van der Waals surface area contributed by atoms with Crippen LogP contribution in [0.3, 0.4) is 0 Å². The van der Waals surface area contributed by atoms with Gasteiger partial charge in [0, 0.05) is 19.3 Å². The third kappa shape index (κ3) is 7.89. The first-order valence-corrected chi connectivity index (χ1v) is 7.24. The van der Waals surface area contributed by atoms with Crippen LogP contribution in [0.2, 0.25) is 0 Å². The van der Waals surface area contributed by atoms with E-state index in [0.29, 0.717) is 5.41 Å². The van der Waals surface area contributed by atoms with Crippen molar-refractivity contribution in [3.63, 3.8) is 0 Å². The zero-order valence-corrected chi connectivity index (χ0v) is 14.1. The first kappa shape index (κ1) is 18.0. The molecule has 0 radical (unpaired) electrons. The lowest BCUT2D eigenvalue weighted by atomic mass is 9.96. The summed E-state index contributed by atoms with van der Waals surface area (Å²) >= 11 is 0. The number of aryl methyl sites for hydroxylation is 1. The molecule has 0 bridgehead atoms. The Hall–Kier alpha value is -1.02. The van der Waals surface area contributed by atoms with E-state index in [1.807, 2.05) is 13.8 Å². The molecule has 0 amide bonds. The van der Waals surface area contributed by atoms with Gasteiger partial charge in [-0.1, -0.05) is 52.3 Å². The molecule has 19 heavy (non-hydrogen) atoms. The lowest BCUT2D eigenvalue weighted by Gasteiger charge is -2.31. The van der Waals surface area contributed by atoms with Gasteiger partial charge in [-0.25, -0.2) is 0 Å². The van der Waals surface area contributed by atoms with Crippen LogP contribution >= 0.6 is 0 Å². The van der Waals surface area contributed by atoms with E-state index in [0.717, 1.165) is 13.2 Å². The highest BCUT2D eigenvalue weighted by molar-refractivity contribution is 5.46. The van der Waals surface area contributed by atoms with Crippen LogP contribution in [0.5, 0.6) is 0 Å². The van der Waals surface area contributed by atoms with Crippen molar-refractivity contribution in [1.82, 2.24) is 4.90 Å². The Kier molecular flexibility index (Phi) is 7.77. The molecule has 0 aliphatic carbocycles. The minimum absolute atomic E-state index is 0.350. The predicted octanol–water partition coefficient (Wildman–Crippen LogP) is 4.39. The van der Waals surface area contributed by atoms with E-state index in [1.54, 1.807) is 0 Å². The second-order valence-corrected chi connectivity index (χ2v) is 6.25. The SMILES string of the molecule is CC.Cc1ccc(N(C)CN(C)CC(C)(C)C)cc1. The molecule has 2 heteroatoms. The third-order valence-electron chi connectivity index (χ3n) is 2.67. The summed E-state index contributed by atoms with van der Waals surface area (Å²) in [4.78, 5) is 4.64. The topological polar surface area (TPSA) is 6.48 Å².